The van der Waals surface area contributed by atoms with Crippen molar-refractivity contribution >= 4 is 23.6 Å². The van der Waals surface area contributed by atoms with Gasteiger partial charge in [0.25, 0.3) is 0 Å². The number of carbonyl (C=O) groups excluding carboxylic acids is 2. The molecular formula is C16H24N4O2S. The molecule has 2 amide bonds. The molecule has 0 unspecified atom stereocenters. The van der Waals surface area contributed by atoms with E-state index in [1.165, 1.54) is 0 Å². The van der Waals surface area contributed by atoms with Crippen LogP contribution in [0.15, 0.2) is 6.07 Å². The minimum absolute atomic E-state index is 0.0114. The van der Waals surface area contributed by atoms with Crippen LogP contribution in [0.2, 0.25) is 0 Å². The summed E-state index contributed by atoms with van der Waals surface area (Å²) in [4.78, 5) is 28.3. The van der Waals surface area contributed by atoms with Gasteiger partial charge in [-0.15, -0.1) is 11.8 Å². The topological polar surface area (TPSA) is 58.4 Å². The Morgan fingerprint density at radius 2 is 2.13 bits per heavy atom. The van der Waals surface area contributed by atoms with E-state index in [4.69, 9.17) is 0 Å². The highest BCUT2D eigenvalue weighted by Crippen LogP contribution is 2.27. The van der Waals surface area contributed by atoms with E-state index in [-0.39, 0.29) is 23.9 Å². The standard InChI is InChI=1S/C16H24N4O2S/c1-11-7-12(2)20(17-11)8-14-5-4-6-18(14)16(22)15-9-23-10-19(15)13(3)21/h7,14-15H,4-6,8-10H2,1-3H3/t14-,15+/m0/s1. The van der Waals surface area contributed by atoms with E-state index >= 15 is 0 Å². The molecule has 2 fully saturated rings. The van der Waals surface area contributed by atoms with Gasteiger partial charge in [0.2, 0.25) is 11.8 Å². The van der Waals surface area contributed by atoms with Crippen LogP contribution >= 0.6 is 11.8 Å². The van der Waals surface area contributed by atoms with Crippen molar-refractivity contribution < 1.29 is 9.59 Å². The second-order valence-electron chi connectivity index (χ2n) is 6.44. The van der Waals surface area contributed by atoms with Gasteiger partial charge in [0.15, 0.2) is 0 Å². The van der Waals surface area contributed by atoms with Crippen molar-refractivity contribution in [2.75, 3.05) is 18.2 Å². The van der Waals surface area contributed by atoms with Crippen LogP contribution in [0.5, 0.6) is 0 Å². The van der Waals surface area contributed by atoms with Crippen LogP contribution in [-0.2, 0) is 16.1 Å². The van der Waals surface area contributed by atoms with E-state index in [1.807, 2.05) is 23.4 Å². The zero-order valence-electron chi connectivity index (χ0n) is 14.0. The molecule has 0 radical (unpaired) electrons. The molecule has 7 heteroatoms. The second kappa shape index (κ2) is 6.55. The Labute approximate surface area is 141 Å². The molecule has 0 N–H and O–H groups in total. The van der Waals surface area contributed by atoms with Gasteiger partial charge < -0.3 is 9.80 Å². The molecule has 2 aliphatic heterocycles. The molecule has 0 aromatic carbocycles. The van der Waals surface area contributed by atoms with Crippen molar-refractivity contribution in [3.8, 4) is 0 Å². The number of rotatable bonds is 3. The molecule has 2 saturated heterocycles. The third-order valence-corrected chi connectivity index (χ3v) is 5.73. The number of nitrogens with zero attached hydrogens (tertiary/aromatic N) is 4. The number of aromatic nitrogens is 2. The Kier molecular flexibility index (Phi) is 4.66. The van der Waals surface area contributed by atoms with E-state index in [1.54, 1.807) is 23.6 Å². The Morgan fingerprint density at radius 3 is 2.78 bits per heavy atom. The van der Waals surface area contributed by atoms with Crippen molar-refractivity contribution in [1.82, 2.24) is 19.6 Å². The summed E-state index contributed by atoms with van der Waals surface area (Å²) in [5.74, 6) is 1.43. The highest BCUT2D eigenvalue weighted by Gasteiger charge is 2.39. The van der Waals surface area contributed by atoms with Crippen LogP contribution in [0, 0.1) is 13.8 Å². The van der Waals surface area contributed by atoms with Crippen LogP contribution in [0.1, 0.15) is 31.2 Å². The summed E-state index contributed by atoms with van der Waals surface area (Å²) >= 11 is 1.66. The van der Waals surface area contributed by atoms with Crippen LogP contribution in [0.3, 0.4) is 0 Å². The molecule has 2 atom stereocenters. The Hall–Kier alpha value is -1.50. The lowest BCUT2D eigenvalue weighted by Crippen LogP contribution is -2.50. The van der Waals surface area contributed by atoms with Crippen molar-refractivity contribution in [3.05, 3.63) is 17.5 Å². The van der Waals surface area contributed by atoms with Gasteiger partial charge in [-0.2, -0.15) is 5.10 Å². The molecule has 1 aromatic heterocycles. The fourth-order valence-electron chi connectivity index (χ4n) is 3.52. The minimum atomic E-state index is -0.293. The van der Waals surface area contributed by atoms with E-state index < -0.39 is 0 Å². The first-order valence-corrected chi connectivity index (χ1v) is 9.29. The molecule has 0 saturated carbocycles. The predicted octanol–water partition coefficient (Wildman–Crippen LogP) is 1.41. The van der Waals surface area contributed by atoms with Gasteiger partial charge in [0.1, 0.15) is 6.04 Å². The van der Waals surface area contributed by atoms with Gasteiger partial charge in [0, 0.05) is 24.9 Å². The highest BCUT2D eigenvalue weighted by atomic mass is 32.2. The lowest BCUT2D eigenvalue weighted by atomic mass is 10.2. The van der Waals surface area contributed by atoms with Crippen LogP contribution in [-0.4, -0.2) is 61.7 Å². The Morgan fingerprint density at radius 1 is 1.35 bits per heavy atom. The fourth-order valence-corrected chi connectivity index (χ4v) is 4.73. The first-order valence-electron chi connectivity index (χ1n) is 8.14. The van der Waals surface area contributed by atoms with E-state index in [0.717, 1.165) is 37.3 Å². The Bertz CT molecular complexity index is 615. The monoisotopic (exact) mass is 336 g/mol. The molecule has 2 aliphatic rings. The maximum Gasteiger partial charge on any atom is 0.246 e. The Balaban J connectivity index is 1.72. The number of thioether (sulfide) groups is 1. The molecule has 0 spiro atoms. The van der Waals surface area contributed by atoms with E-state index in [2.05, 4.69) is 11.2 Å². The number of aryl methyl sites for hydroxylation is 2. The summed E-state index contributed by atoms with van der Waals surface area (Å²) in [6.45, 7) is 7.11. The molecule has 0 bridgehead atoms. The number of hydrogen-bond donors (Lipinski definition) is 0. The zero-order valence-corrected chi connectivity index (χ0v) is 14.8. The maximum absolute atomic E-state index is 12.9. The molecule has 3 rings (SSSR count). The second-order valence-corrected chi connectivity index (χ2v) is 7.44. The third kappa shape index (κ3) is 3.24. The SMILES string of the molecule is CC(=O)N1CSC[C@@H]1C(=O)N1CCC[C@H]1Cn1nc(C)cc1C. The number of hydrogen-bond acceptors (Lipinski definition) is 4. The van der Waals surface area contributed by atoms with E-state index in [0.29, 0.717) is 11.6 Å². The molecule has 126 valence electrons. The number of carbonyl (C=O) groups is 2. The van der Waals surface area contributed by atoms with Gasteiger partial charge >= 0.3 is 0 Å². The summed E-state index contributed by atoms with van der Waals surface area (Å²) in [5.41, 5.74) is 2.14. The number of amides is 2. The average Bonchev–Trinajstić information content (AvgIpc) is 3.19. The zero-order chi connectivity index (χ0) is 16.6. The number of likely N-dealkylation sites (tertiary alicyclic amines) is 1. The van der Waals surface area contributed by atoms with Crippen LogP contribution in [0.25, 0.3) is 0 Å². The first-order chi connectivity index (χ1) is 11.0. The summed E-state index contributed by atoms with van der Waals surface area (Å²) in [6.07, 6.45) is 2.03. The minimum Gasteiger partial charge on any atom is -0.336 e. The van der Waals surface area contributed by atoms with Crippen molar-refractivity contribution in [2.24, 2.45) is 0 Å². The van der Waals surface area contributed by atoms with Gasteiger partial charge in [-0.3, -0.25) is 14.3 Å². The third-order valence-electron chi connectivity index (χ3n) is 4.72. The van der Waals surface area contributed by atoms with Crippen LogP contribution in [0.4, 0.5) is 0 Å². The maximum atomic E-state index is 12.9. The van der Waals surface area contributed by atoms with E-state index in [9.17, 15) is 9.59 Å². The normalized spacial score (nSPS) is 24.5. The molecule has 3 heterocycles. The molecule has 1 aromatic rings. The summed E-state index contributed by atoms with van der Waals surface area (Å²) < 4.78 is 2.00. The molecular weight excluding hydrogens is 312 g/mol. The van der Waals surface area contributed by atoms with Gasteiger partial charge in [-0.1, -0.05) is 0 Å². The highest BCUT2D eigenvalue weighted by molar-refractivity contribution is 7.99. The first kappa shape index (κ1) is 16.4. The van der Waals surface area contributed by atoms with Crippen molar-refractivity contribution in [2.45, 2.75) is 52.2 Å². The average molecular weight is 336 g/mol. The predicted molar refractivity (Wildman–Crippen MR) is 90.1 cm³/mol. The van der Waals surface area contributed by atoms with Crippen LogP contribution < -0.4 is 0 Å². The van der Waals surface area contributed by atoms with Crippen molar-refractivity contribution in [3.63, 3.8) is 0 Å². The molecule has 6 nitrogen and oxygen atoms in total. The van der Waals surface area contributed by atoms with Crippen molar-refractivity contribution in [1.29, 1.82) is 0 Å². The van der Waals surface area contributed by atoms with Gasteiger partial charge in [-0.05, 0) is 32.8 Å². The smallest absolute Gasteiger partial charge is 0.246 e. The summed E-state index contributed by atoms with van der Waals surface area (Å²) in [6, 6.07) is 1.95. The lowest BCUT2D eigenvalue weighted by molar-refractivity contribution is -0.143. The molecule has 0 aliphatic carbocycles. The largest absolute Gasteiger partial charge is 0.336 e. The van der Waals surface area contributed by atoms with Gasteiger partial charge in [-0.25, -0.2) is 0 Å². The fraction of sp³-hybridized carbons (Fsp3) is 0.688. The molecule has 23 heavy (non-hydrogen) atoms. The lowest BCUT2D eigenvalue weighted by Gasteiger charge is -2.30. The summed E-state index contributed by atoms with van der Waals surface area (Å²) in [7, 11) is 0. The summed E-state index contributed by atoms with van der Waals surface area (Å²) in [5, 5.41) is 4.52. The quantitative estimate of drug-likeness (QED) is 0.837. The van der Waals surface area contributed by atoms with Gasteiger partial charge in [0.05, 0.1) is 24.2 Å².